The first kappa shape index (κ1) is 20.0. The molecule has 0 spiro atoms. The van der Waals surface area contributed by atoms with Crippen molar-refractivity contribution in [1.29, 1.82) is 0 Å². The normalized spacial score (nSPS) is 18.4. The molecule has 113 valence electrons. The Labute approximate surface area is 144 Å². The summed E-state index contributed by atoms with van der Waals surface area (Å²) < 4.78 is 15.2. The summed E-state index contributed by atoms with van der Waals surface area (Å²) in [5, 5.41) is 9.02. The van der Waals surface area contributed by atoms with Gasteiger partial charge < -0.3 is 19.3 Å². The van der Waals surface area contributed by atoms with Gasteiger partial charge in [-0.15, -0.1) is 0 Å². The van der Waals surface area contributed by atoms with Gasteiger partial charge in [0.05, 0.1) is 0 Å². The van der Waals surface area contributed by atoms with Crippen LogP contribution in [0.2, 0.25) is 0 Å². The van der Waals surface area contributed by atoms with E-state index in [0.29, 0.717) is 12.8 Å². The van der Waals surface area contributed by atoms with Crippen molar-refractivity contribution in [1.82, 2.24) is 0 Å². The molecule has 0 aromatic heterocycles. The van der Waals surface area contributed by atoms with Crippen LogP contribution in [0.3, 0.4) is 0 Å². The summed E-state index contributed by atoms with van der Waals surface area (Å²) in [5.74, 6) is 0.197. The number of methoxy groups -OCH3 is 1. The molecule has 0 heterocycles. The van der Waals surface area contributed by atoms with Crippen LogP contribution < -0.4 is 0 Å². The summed E-state index contributed by atoms with van der Waals surface area (Å²) in [6.07, 6.45) is -0.0988. The van der Waals surface area contributed by atoms with E-state index in [4.69, 9.17) is 19.3 Å². The van der Waals surface area contributed by atoms with E-state index in [-0.39, 0.29) is 45.2 Å². The summed E-state index contributed by atoms with van der Waals surface area (Å²) in [7, 11) is 1.43. The number of rotatable bonds is 7. The predicted octanol–water partition coefficient (Wildman–Crippen LogP) is 0.632. The molecule has 0 aromatic carbocycles. The Morgan fingerprint density at radius 3 is 2.25 bits per heavy atom. The van der Waals surface area contributed by atoms with Crippen LogP contribution in [0.5, 0.6) is 0 Å². The smallest absolute Gasteiger partial charge is 0.300 e. The maximum Gasteiger partial charge on any atom is 0.300 e. The van der Waals surface area contributed by atoms with Crippen molar-refractivity contribution in [3.05, 3.63) is 12.5 Å². The zero-order valence-corrected chi connectivity index (χ0v) is 14.8. The van der Waals surface area contributed by atoms with E-state index in [0.717, 1.165) is 5.92 Å². The molecular formula is C13H20O6Y-2. The van der Waals surface area contributed by atoms with Crippen molar-refractivity contribution >= 4 is 11.9 Å². The van der Waals surface area contributed by atoms with Crippen molar-refractivity contribution in [2.75, 3.05) is 13.7 Å². The third-order valence-corrected chi connectivity index (χ3v) is 2.93. The zero-order chi connectivity index (χ0) is 14.4. The van der Waals surface area contributed by atoms with Crippen LogP contribution in [0.25, 0.3) is 0 Å². The zero-order valence-electron chi connectivity index (χ0n) is 12.0. The molecule has 1 saturated carbocycles. The molecule has 0 aromatic rings. The minimum atomic E-state index is -0.763. The third kappa shape index (κ3) is 6.16. The second-order valence-corrected chi connectivity index (χ2v) is 4.59. The van der Waals surface area contributed by atoms with Gasteiger partial charge in [0.2, 0.25) is 0 Å². The molecule has 6 nitrogen and oxygen atoms in total. The number of carbonyl (C=O) groups is 2. The average molecular weight is 361 g/mol. The predicted molar refractivity (Wildman–Crippen MR) is 65.5 cm³/mol. The van der Waals surface area contributed by atoms with Gasteiger partial charge >= 0.3 is 0 Å². The van der Waals surface area contributed by atoms with Gasteiger partial charge in [-0.25, -0.2) is 0 Å². The molecule has 1 aliphatic rings. The van der Waals surface area contributed by atoms with Crippen molar-refractivity contribution in [3.8, 4) is 0 Å². The number of ether oxygens (including phenoxy) is 3. The number of hydrogen-bond donors (Lipinski definition) is 1. The fourth-order valence-corrected chi connectivity index (χ4v) is 2.09. The molecule has 0 saturated heterocycles. The molecule has 2 atom stereocenters. The molecule has 0 unspecified atom stereocenters. The van der Waals surface area contributed by atoms with Gasteiger partial charge in [0, 0.05) is 59.3 Å². The van der Waals surface area contributed by atoms with Gasteiger partial charge in [0.25, 0.3) is 11.9 Å². The second-order valence-electron chi connectivity index (χ2n) is 4.59. The third-order valence-electron chi connectivity index (χ3n) is 2.93. The quantitative estimate of drug-likeness (QED) is 0.529. The van der Waals surface area contributed by atoms with Crippen molar-refractivity contribution in [2.24, 2.45) is 5.92 Å². The molecule has 7 heteroatoms. The summed E-state index contributed by atoms with van der Waals surface area (Å²) in [6, 6.07) is 0. The molecule has 1 N–H and O–H groups in total. The molecule has 1 fully saturated rings. The van der Waals surface area contributed by atoms with Crippen LogP contribution >= 0.6 is 0 Å². The molecule has 0 bridgehead atoms. The molecular weight excluding hydrogens is 341 g/mol. The fraction of sp³-hybridized carbons (Fsp3) is 0.692. The van der Waals surface area contributed by atoms with Crippen LogP contribution in [0.4, 0.5) is 0 Å². The number of hydrogen-bond acceptors (Lipinski definition) is 6. The molecule has 20 heavy (non-hydrogen) atoms. The Kier molecular flexibility index (Phi) is 9.80. The van der Waals surface area contributed by atoms with Gasteiger partial charge in [0.15, 0.2) is 0 Å². The van der Waals surface area contributed by atoms with Crippen LogP contribution in [0, 0.1) is 18.4 Å². The first-order valence-corrected chi connectivity index (χ1v) is 6.14. The van der Waals surface area contributed by atoms with E-state index in [2.05, 4.69) is 0 Å². The van der Waals surface area contributed by atoms with Crippen LogP contribution in [0.1, 0.15) is 26.7 Å². The minimum absolute atomic E-state index is 0. The Morgan fingerprint density at radius 2 is 1.85 bits per heavy atom. The van der Waals surface area contributed by atoms with Gasteiger partial charge in [-0.05, 0) is 13.2 Å². The second kappa shape index (κ2) is 9.82. The van der Waals surface area contributed by atoms with Crippen molar-refractivity contribution in [2.45, 2.75) is 38.9 Å². The number of aliphatic hydroxyl groups excluding tert-OH is 1. The fourth-order valence-electron chi connectivity index (χ4n) is 2.09. The Hall–Kier alpha value is -0.0361. The molecule has 1 aliphatic carbocycles. The van der Waals surface area contributed by atoms with Gasteiger partial charge in [-0.1, -0.05) is 5.92 Å². The van der Waals surface area contributed by atoms with E-state index in [1.165, 1.54) is 27.6 Å². The van der Waals surface area contributed by atoms with Crippen molar-refractivity contribution in [3.63, 3.8) is 0 Å². The molecule has 1 radical (unpaired) electrons. The topological polar surface area (TPSA) is 82.1 Å². The van der Waals surface area contributed by atoms with E-state index in [1.807, 2.05) is 0 Å². The number of aliphatic hydroxyl groups is 1. The monoisotopic (exact) mass is 361 g/mol. The van der Waals surface area contributed by atoms with Crippen LogP contribution in [0.15, 0.2) is 0 Å². The molecule has 0 aliphatic heterocycles. The summed E-state index contributed by atoms with van der Waals surface area (Å²) in [5.41, 5.74) is 0. The van der Waals surface area contributed by atoms with Crippen LogP contribution in [-0.2, 0) is 56.5 Å². The first-order valence-electron chi connectivity index (χ1n) is 6.14. The first-order chi connectivity index (χ1) is 8.97. The van der Waals surface area contributed by atoms with Crippen LogP contribution in [-0.4, -0.2) is 43.0 Å². The number of esters is 2. The Balaban J connectivity index is 0.00000361. The van der Waals surface area contributed by atoms with Gasteiger partial charge in [-0.2, -0.15) is 19.4 Å². The average Bonchev–Trinajstić information content (AvgIpc) is 2.24. The molecule has 1 rings (SSSR count). The number of carbonyl (C=O) groups excluding carboxylic acids is 2. The Bertz CT molecular complexity index is 316. The van der Waals surface area contributed by atoms with E-state index < -0.39 is 24.1 Å². The maximum atomic E-state index is 11.2. The SMILES string of the molecule is CO[CH-][C@H](OC(C)=O)[C@H](OC(C)=O)[C-]1CC(CO)C1.[Y]. The Morgan fingerprint density at radius 1 is 1.30 bits per heavy atom. The van der Waals surface area contributed by atoms with E-state index >= 15 is 0 Å². The van der Waals surface area contributed by atoms with Gasteiger partial charge in [-0.3, -0.25) is 15.5 Å². The maximum absolute atomic E-state index is 11.2. The summed E-state index contributed by atoms with van der Waals surface area (Å²) in [4.78, 5) is 22.2. The molecule has 0 amide bonds. The largest absolute Gasteiger partial charge is 0.551 e. The van der Waals surface area contributed by atoms with E-state index in [9.17, 15) is 9.59 Å². The standard InChI is InChI=1S/C13H20O6.Y/c1-8(15)18-12(7-17-3)13(19-9(2)16)11-4-10(5-11)6-14;/h7,10,12-14H,4-6H2,1-3H3;/q-2;/t12-,13+;/m0./s1. The summed E-state index contributed by atoms with van der Waals surface area (Å²) in [6.45, 7) is 4.01. The van der Waals surface area contributed by atoms with Crippen molar-refractivity contribution < 1.29 is 61.6 Å². The van der Waals surface area contributed by atoms with E-state index in [1.54, 1.807) is 0 Å². The van der Waals surface area contributed by atoms with Gasteiger partial charge in [0.1, 0.15) is 0 Å². The summed E-state index contributed by atoms with van der Waals surface area (Å²) >= 11 is 0. The minimum Gasteiger partial charge on any atom is -0.551 e.